The van der Waals surface area contributed by atoms with E-state index in [0.717, 1.165) is 18.5 Å². The van der Waals surface area contributed by atoms with Crippen LogP contribution in [0.3, 0.4) is 0 Å². The van der Waals surface area contributed by atoms with E-state index in [4.69, 9.17) is 5.84 Å². The predicted octanol–water partition coefficient (Wildman–Crippen LogP) is 2.38. The van der Waals surface area contributed by atoms with Crippen molar-refractivity contribution in [3.63, 3.8) is 0 Å². The Morgan fingerprint density at radius 2 is 2.05 bits per heavy atom. The van der Waals surface area contributed by atoms with Crippen LogP contribution in [0.1, 0.15) is 32.9 Å². The molecule has 2 aromatic rings. The van der Waals surface area contributed by atoms with Gasteiger partial charge in [-0.25, -0.2) is 0 Å². The Bertz CT molecular complexity index is 556. The summed E-state index contributed by atoms with van der Waals surface area (Å²) in [5, 5.41) is 5.87. The number of para-hydroxylation sites is 1. The normalized spacial score (nSPS) is 13.9. The Hall–Kier alpha value is -1.39. The minimum absolute atomic E-state index is 0.146. The lowest BCUT2D eigenvalue weighted by Gasteiger charge is -2.32. The van der Waals surface area contributed by atoms with E-state index < -0.39 is 0 Å². The second-order valence-electron chi connectivity index (χ2n) is 5.85. The maximum absolute atomic E-state index is 5.75. The Kier molecular flexibility index (Phi) is 3.92. The van der Waals surface area contributed by atoms with Crippen molar-refractivity contribution in [2.75, 3.05) is 0 Å². The van der Waals surface area contributed by atoms with E-state index in [1.54, 1.807) is 0 Å². The molecule has 1 unspecified atom stereocenters. The van der Waals surface area contributed by atoms with Gasteiger partial charge in [-0.3, -0.25) is 16.0 Å². The number of hydrogen-bond donors (Lipinski definition) is 2. The van der Waals surface area contributed by atoms with E-state index in [0.29, 0.717) is 0 Å². The second kappa shape index (κ2) is 5.31. The van der Waals surface area contributed by atoms with Gasteiger partial charge in [0.05, 0.1) is 11.2 Å². The van der Waals surface area contributed by atoms with Crippen molar-refractivity contribution in [2.45, 2.75) is 39.7 Å². The zero-order valence-electron chi connectivity index (χ0n) is 12.3. The number of rotatable bonds is 5. The molecule has 3 N–H and O–H groups in total. The molecule has 104 valence electrons. The van der Waals surface area contributed by atoms with Crippen molar-refractivity contribution >= 4 is 10.9 Å². The molecule has 1 heterocycles. The lowest BCUT2D eigenvalue weighted by Crippen LogP contribution is -2.47. The summed E-state index contributed by atoms with van der Waals surface area (Å²) in [6.07, 6.45) is 1.92. The highest BCUT2D eigenvalue weighted by Crippen LogP contribution is 2.28. The number of aromatic nitrogens is 2. The summed E-state index contributed by atoms with van der Waals surface area (Å²) >= 11 is 0. The molecule has 2 rings (SSSR count). The number of nitrogens with one attached hydrogen (secondary N) is 1. The van der Waals surface area contributed by atoms with Gasteiger partial charge in [0.1, 0.15) is 0 Å². The number of fused-ring (bicyclic) bond motifs is 1. The van der Waals surface area contributed by atoms with Gasteiger partial charge >= 0.3 is 0 Å². The molecule has 0 aliphatic rings. The molecule has 19 heavy (non-hydrogen) atoms. The van der Waals surface area contributed by atoms with E-state index in [1.165, 1.54) is 10.9 Å². The van der Waals surface area contributed by atoms with Crippen LogP contribution >= 0.6 is 0 Å². The third-order valence-electron chi connectivity index (χ3n) is 4.29. The third kappa shape index (κ3) is 2.65. The average Bonchev–Trinajstić information content (AvgIpc) is 2.73. The van der Waals surface area contributed by atoms with Gasteiger partial charge in [0.25, 0.3) is 0 Å². The minimum atomic E-state index is 0.146. The number of nitrogens with two attached hydrogens (primary N) is 1. The summed E-state index contributed by atoms with van der Waals surface area (Å²) in [6, 6.07) is 8.55. The Morgan fingerprint density at radius 3 is 2.68 bits per heavy atom. The van der Waals surface area contributed by atoms with E-state index in [-0.39, 0.29) is 11.5 Å². The summed E-state index contributed by atoms with van der Waals surface area (Å²) in [5.41, 5.74) is 5.40. The summed E-state index contributed by atoms with van der Waals surface area (Å²) in [5.74, 6) is 5.75. The lowest BCUT2D eigenvalue weighted by molar-refractivity contribution is 0.230. The van der Waals surface area contributed by atoms with Crippen LogP contribution in [0, 0.1) is 5.41 Å². The lowest BCUT2D eigenvalue weighted by atomic mass is 9.80. The van der Waals surface area contributed by atoms with Crippen molar-refractivity contribution in [3.05, 3.63) is 30.0 Å². The first-order valence-corrected chi connectivity index (χ1v) is 6.86. The largest absolute Gasteiger partial charge is 0.271 e. The molecular weight excluding hydrogens is 236 g/mol. The van der Waals surface area contributed by atoms with Gasteiger partial charge < -0.3 is 0 Å². The molecule has 1 aromatic heterocycles. The summed E-state index contributed by atoms with van der Waals surface area (Å²) in [6.45, 7) is 6.67. The maximum Gasteiger partial charge on any atom is 0.0719 e. The number of hydrogen-bond acceptors (Lipinski definition) is 3. The first-order valence-electron chi connectivity index (χ1n) is 6.86. The molecule has 4 heteroatoms. The second-order valence-corrected chi connectivity index (χ2v) is 5.85. The standard InChI is InChI=1S/C15H24N4/c1-5-15(2,3)14(17-16)10-12-11-8-6-7-9-13(11)19(4)18-12/h6-9,14,17H,5,10,16H2,1-4H3. The Morgan fingerprint density at radius 1 is 1.37 bits per heavy atom. The van der Waals surface area contributed by atoms with Gasteiger partial charge in [0, 0.05) is 24.9 Å². The van der Waals surface area contributed by atoms with Crippen molar-refractivity contribution < 1.29 is 0 Å². The van der Waals surface area contributed by atoms with Crippen LogP contribution in [0.5, 0.6) is 0 Å². The molecule has 0 radical (unpaired) electrons. The Labute approximate surface area is 114 Å². The molecule has 1 atom stereocenters. The minimum Gasteiger partial charge on any atom is -0.271 e. The highest BCUT2D eigenvalue weighted by Gasteiger charge is 2.28. The molecule has 4 nitrogen and oxygen atoms in total. The molecule has 0 spiro atoms. The van der Waals surface area contributed by atoms with Gasteiger partial charge in [-0.05, 0) is 17.9 Å². The summed E-state index contributed by atoms with van der Waals surface area (Å²) in [7, 11) is 1.99. The summed E-state index contributed by atoms with van der Waals surface area (Å²) < 4.78 is 1.94. The van der Waals surface area contributed by atoms with Crippen molar-refractivity contribution in [1.29, 1.82) is 0 Å². The van der Waals surface area contributed by atoms with E-state index in [9.17, 15) is 0 Å². The van der Waals surface area contributed by atoms with Crippen LogP contribution < -0.4 is 11.3 Å². The molecular formula is C15H24N4. The van der Waals surface area contributed by atoms with Crippen LogP contribution in [-0.2, 0) is 13.5 Å². The van der Waals surface area contributed by atoms with Crippen LogP contribution in [0.25, 0.3) is 10.9 Å². The van der Waals surface area contributed by atoms with Crippen LogP contribution in [0.2, 0.25) is 0 Å². The van der Waals surface area contributed by atoms with Gasteiger partial charge in [0.15, 0.2) is 0 Å². The van der Waals surface area contributed by atoms with Crippen LogP contribution in [0.4, 0.5) is 0 Å². The topological polar surface area (TPSA) is 55.9 Å². The molecule has 1 aromatic carbocycles. The monoisotopic (exact) mass is 260 g/mol. The van der Waals surface area contributed by atoms with E-state index >= 15 is 0 Å². The van der Waals surface area contributed by atoms with Gasteiger partial charge in [-0.2, -0.15) is 5.10 Å². The van der Waals surface area contributed by atoms with E-state index in [1.807, 2.05) is 17.8 Å². The SMILES string of the molecule is CCC(C)(C)C(Cc1nn(C)c2ccccc12)NN. The zero-order chi connectivity index (χ0) is 14.0. The van der Waals surface area contributed by atoms with Gasteiger partial charge in [0.2, 0.25) is 0 Å². The molecule has 0 saturated carbocycles. The number of hydrazine groups is 1. The van der Waals surface area contributed by atoms with Crippen LogP contribution in [0.15, 0.2) is 24.3 Å². The molecule has 0 amide bonds. The smallest absolute Gasteiger partial charge is 0.0719 e. The van der Waals surface area contributed by atoms with Crippen molar-refractivity contribution in [2.24, 2.45) is 18.3 Å². The average molecular weight is 260 g/mol. The zero-order valence-corrected chi connectivity index (χ0v) is 12.3. The molecule has 0 aliphatic carbocycles. The molecule has 0 fully saturated rings. The third-order valence-corrected chi connectivity index (χ3v) is 4.29. The molecule has 0 saturated heterocycles. The highest BCUT2D eigenvalue weighted by atomic mass is 15.3. The van der Waals surface area contributed by atoms with E-state index in [2.05, 4.69) is 49.5 Å². The molecule has 0 bridgehead atoms. The fourth-order valence-corrected chi connectivity index (χ4v) is 2.44. The van der Waals surface area contributed by atoms with Gasteiger partial charge in [-0.1, -0.05) is 39.0 Å². The fourth-order valence-electron chi connectivity index (χ4n) is 2.44. The fraction of sp³-hybridized carbons (Fsp3) is 0.533. The quantitative estimate of drug-likeness (QED) is 0.641. The number of aryl methyl sites for hydroxylation is 1. The van der Waals surface area contributed by atoms with Crippen molar-refractivity contribution in [1.82, 2.24) is 15.2 Å². The predicted molar refractivity (Wildman–Crippen MR) is 79.6 cm³/mol. The first kappa shape index (κ1) is 14.0. The van der Waals surface area contributed by atoms with Crippen LogP contribution in [-0.4, -0.2) is 15.8 Å². The molecule has 0 aliphatic heterocycles. The maximum atomic E-state index is 5.75. The number of nitrogens with zero attached hydrogens (tertiary/aromatic N) is 2. The summed E-state index contributed by atoms with van der Waals surface area (Å²) in [4.78, 5) is 0. The van der Waals surface area contributed by atoms with Crippen molar-refractivity contribution in [3.8, 4) is 0 Å². The number of benzene rings is 1. The Balaban J connectivity index is 2.35. The highest BCUT2D eigenvalue weighted by molar-refractivity contribution is 5.81. The van der Waals surface area contributed by atoms with Gasteiger partial charge in [-0.15, -0.1) is 0 Å². The first-order chi connectivity index (χ1) is 8.99.